The fraction of sp³-hybridized carbons (Fsp3) is 0.400. The lowest BCUT2D eigenvalue weighted by atomic mass is 10.1. The van der Waals surface area contributed by atoms with Gasteiger partial charge in [-0.3, -0.25) is 4.98 Å². The molecule has 0 amide bonds. The normalized spacial score (nSPS) is 19.4. The Hall–Kier alpha value is -1.38. The molecule has 0 saturated carbocycles. The van der Waals surface area contributed by atoms with Gasteiger partial charge in [0.05, 0.1) is 6.54 Å². The molecule has 1 aromatic rings. The summed E-state index contributed by atoms with van der Waals surface area (Å²) < 4.78 is 5.66. The second kappa shape index (κ2) is 2.83. The lowest BCUT2D eigenvalue weighted by Gasteiger charge is -2.16. The lowest BCUT2D eigenvalue weighted by molar-refractivity contribution is 0.131. The summed E-state index contributed by atoms with van der Waals surface area (Å²) in [6.45, 7) is 4.79. The van der Waals surface area contributed by atoms with Crippen LogP contribution in [-0.2, 0) is 4.74 Å². The van der Waals surface area contributed by atoms with E-state index in [2.05, 4.69) is 9.98 Å². The molecule has 0 fully saturated rings. The van der Waals surface area contributed by atoms with Gasteiger partial charge in [0.1, 0.15) is 5.60 Å². The number of nitrogens with zero attached hydrogens (tertiary/aromatic N) is 2. The van der Waals surface area contributed by atoms with E-state index in [0.717, 1.165) is 18.0 Å². The van der Waals surface area contributed by atoms with Crippen molar-refractivity contribution in [1.82, 2.24) is 4.98 Å². The van der Waals surface area contributed by atoms with Crippen LogP contribution in [-0.4, -0.2) is 23.0 Å². The first-order valence-electron chi connectivity index (χ1n) is 4.31. The highest BCUT2D eigenvalue weighted by Crippen LogP contribution is 2.20. The molecule has 2 heterocycles. The third-order valence-corrected chi connectivity index (χ3v) is 1.90. The van der Waals surface area contributed by atoms with Crippen LogP contribution in [0.1, 0.15) is 19.4 Å². The molecule has 3 nitrogen and oxygen atoms in total. The van der Waals surface area contributed by atoms with Crippen molar-refractivity contribution in [3.05, 3.63) is 30.1 Å². The van der Waals surface area contributed by atoms with E-state index in [-0.39, 0.29) is 5.60 Å². The van der Waals surface area contributed by atoms with Gasteiger partial charge in [-0.2, -0.15) is 0 Å². The van der Waals surface area contributed by atoms with Crippen LogP contribution in [0.2, 0.25) is 0 Å². The van der Waals surface area contributed by atoms with Crippen LogP contribution in [0.3, 0.4) is 0 Å². The maximum absolute atomic E-state index is 5.66. The average molecular weight is 176 g/mol. The van der Waals surface area contributed by atoms with Gasteiger partial charge in [0.2, 0.25) is 5.90 Å². The molecule has 13 heavy (non-hydrogen) atoms. The molecule has 0 bridgehead atoms. The number of hydrogen-bond acceptors (Lipinski definition) is 3. The minimum atomic E-state index is -0.154. The molecular formula is C10H12N2O. The maximum Gasteiger partial charge on any atom is 0.216 e. The molecule has 1 aliphatic rings. The molecule has 0 aromatic carbocycles. The van der Waals surface area contributed by atoms with Gasteiger partial charge >= 0.3 is 0 Å². The highest BCUT2D eigenvalue weighted by atomic mass is 16.5. The van der Waals surface area contributed by atoms with E-state index >= 15 is 0 Å². The molecule has 0 saturated heterocycles. The topological polar surface area (TPSA) is 34.5 Å². The molecule has 0 unspecified atom stereocenters. The number of hydrogen-bond donors (Lipinski definition) is 0. The Kier molecular flexibility index (Phi) is 1.79. The van der Waals surface area contributed by atoms with Gasteiger partial charge in [-0.05, 0) is 26.0 Å². The van der Waals surface area contributed by atoms with Gasteiger partial charge in [-0.15, -0.1) is 0 Å². The summed E-state index contributed by atoms with van der Waals surface area (Å²) in [7, 11) is 0. The Morgan fingerprint density at radius 2 is 2.00 bits per heavy atom. The summed E-state index contributed by atoms with van der Waals surface area (Å²) in [6, 6.07) is 3.81. The van der Waals surface area contributed by atoms with Gasteiger partial charge in [-0.1, -0.05) is 0 Å². The van der Waals surface area contributed by atoms with Crippen molar-refractivity contribution >= 4 is 5.90 Å². The first-order valence-corrected chi connectivity index (χ1v) is 4.31. The number of aliphatic imine (C=N–C) groups is 1. The van der Waals surface area contributed by atoms with Crippen LogP contribution < -0.4 is 0 Å². The summed E-state index contributed by atoms with van der Waals surface area (Å²) in [5, 5.41) is 0. The predicted octanol–water partition coefficient (Wildman–Crippen LogP) is 1.64. The van der Waals surface area contributed by atoms with Crippen LogP contribution in [0.5, 0.6) is 0 Å². The molecule has 1 aliphatic heterocycles. The fourth-order valence-corrected chi connectivity index (χ4v) is 1.23. The Labute approximate surface area is 77.5 Å². The zero-order valence-electron chi connectivity index (χ0n) is 7.82. The minimum Gasteiger partial charge on any atom is -0.469 e. The fourth-order valence-electron chi connectivity index (χ4n) is 1.23. The van der Waals surface area contributed by atoms with Crippen molar-refractivity contribution in [3.8, 4) is 0 Å². The third-order valence-electron chi connectivity index (χ3n) is 1.90. The molecule has 1 aromatic heterocycles. The van der Waals surface area contributed by atoms with Gasteiger partial charge in [0.25, 0.3) is 0 Å². The van der Waals surface area contributed by atoms with Crippen LogP contribution in [0, 0.1) is 0 Å². The van der Waals surface area contributed by atoms with E-state index in [0.29, 0.717) is 0 Å². The number of aromatic nitrogens is 1. The second-order valence-corrected chi connectivity index (χ2v) is 3.72. The second-order valence-electron chi connectivity index (χ2n) is 3.72. The molecule has 0 atom stereocenters. The molecule has 0 radical (unpaired) electrons. The maximum atomic E-state index is 5.66. The molecule has 3 heteroatoms. The van der Waals surface area contributed by atoms with Gasteiger partial charge in [-0.25, -0.2) is 4.99 Å². The molecular weight excluding hydrogens is 164 g/mol. The molecule has 2 rings (SSSR count). The SMILES string of the molecule is CC1(C)CN=C(c2ccncc2)O1. The van der Waals surface area contributed by atoms with E-state index in [1.54, 1.807) is 12.4 Å². The Bertz CT molecular complexity index is 330. The Morgan fingerprint density at radius 3 is 2.54 bits per heavy atom. The van der Waals surface area contributed by atoms with Crippen molar-refractivity contribution < 1.29 is 4.74 Å². The summed E-state index contributed by atoms with van der Waals surface area (Å²) in [4.78, 5) is 8.27. The smallest absolute Gasteiger partial charge is 0.216 e. The van der Waals surface area contributed by atoms with E-state index in [1.165, 1.54) is 0 Å². The lowest BCUT2D eigenvalue weighted by Crippen LogP contribution is -2.24. The van der Waals surface area contributed by atoms with Crippen molar-refractivity contribution in [1.29, 1.82) is 0 Å². The Morgan fingerprint density at radius 1 is 1.31 bits per heavy atom. The minimum absolute atomic E-state index is 0.154. The molecule has 0 spiro atoms. The summed E-state index contributed by atoms with van der Waals surface area (Å²) >= 11 is 0. The predicted molar refractivity (Wildman–Crippen MR) is 50.8 cm³/mol. The average Bonchev–Trinajstić information content (AvgIpc) is 2.48. The van der Waals surface area contributed by atoms with E-state index < -0.39 is 0 Å². The van der Waals surface area contributed by atoms with Gasteiger partial charge in [0, 0.05) is 18.0 Å². The highest BCUT2D eigenvalue weighted by Gasteiger charge is 2.27. The number of ether oxygens (including phenoxy) is 1. The van der Waals surface area contributed by atoms with E-state index in [9.17, 15) is 0 Å². The summed E-state index contributed by atoms with van der Waals surface area (Å²) in [5.74, 6) is 0.729. The quantitative estimate of drug-likeness (QED) is 0.651. The standard InChI is InChI=1S/C10H12N2O/c1-10(2)7-12-9(13-10)8-3-5-11-6-4-8/h3-6H,7H2,1-2H3. The largest absolute Gasteiger partial charge is 0.469 e. The van der Waals surface area contributed by atoms with Crippen LogP contribution >= 0.6 is 0 Å². The summed E-state index contributed by atoms with van der Waals surface area (Å²) in [5.41, 5.74) is 0.846. The number of rotatable bonds is 1. The molecule has 0 N–H and O–H groups in total. The van der Waals surface area contributed by atoms with Crippen LogP contribution in [0.25, 0.3) is 0 Å². The van der Waals surface area contributed by atoms with Crippen molar-refractivity contribution in [2.75, 3.05) is 6.54 Å². The third kappa shape index (κ3) is 1.69. The molecule has 0 aliphatic carbocycles. The Balaban J connectivity index is 2.22. The number of pyridine rings is 1. The van der Waals surface area contributed by atoms with Crippen molar-refractivity contribution in [2.45, 2.75) is 19.4 Å². The molecule has 68 valence electrons. The van der Waals surface area contributed by atoms with Crippen molar-refractivity contribution in [2.24, 2.45) is 4.99 Å². The first-order chi connectivity index (χ1) is 6.17. The van der Waals surface area contributed by atoms with Gasteiger partial charge in [0.15, 0.2) is 0 Å². The van der Waals surface area contributed by atoms with Crippen molar-refractivity contribution in [3.63, 3.8) is 0 Å². The highest BCUT2D eigenvalue weighted by molar-refractivity contribution is 5.95. The summed E-state index contributed by atoms with van der Waals surface area (Å²) in [6.07, 6.45) is 3.49. The van der Waals surface area contributed by atoms with Crippen LogP contribution in [0.15, 0.2) is 29.5 Å². The van der Waals surface area contributed by atoms with E-state index in [1.807, 2.05) is 26.0 Å². The zero-order chi connectivity index (χ0) is 9.31. The van der Waals surface area contributed by atoms with E-state index in [4.69, 9.17) is 4.74 Å². The van der Waals surface area contributed by atoms with Crippen LogP contribution in [0.4, 0.5) is 0 Å². The zero-order valence-corrected chi connectivity index (χ0v) is 7.82. The first kappa shape index (κ1) is 8.23. The van der Waals surface area contributed by atoms with Gasteiger partial charge < -0.3 is 4.74 Å². The monoisotopic (exact) mass is 176 g/mol.